The SMILES string of the molecule is C=CCN(CC)C(=O)c1cccc(C)c1. The predicted octanol–water partition coefficient (Wildman–Crippen LogP) is 2.64. The van der Waals surface area contributed by atoms with Gasteiger partial charge in [-0.3, -0.25) is 4.79 Å². The molecular formula is C13H17NO. The maximum absolute atomic E-state index is 12.0. The van der Waals surface area contributed by atoms with Gasteiger partial charge in [-0.2, -0.15) is 0 Å². The van der Waals surface area contributed by atoms with Crippen molar-refractivity contribution in [3.63, 3.8) is 0 Å². The summed E-state index contributed by atoms with van der Waals surface area (Å²) in [6.45, 7) is 8.91. The lowest BCUT2D eigenvalue weighted by molar-refractivity contribution is 0.0782. The Morgan fingerprint density at radius 1 is 1.53 bits per heavy atom. The summed E-state index contributed by atoms with van der Waals surface area (Å²) >= 11 is 0. The summed E-state index contributed by atoms with van der Waals surface area (Å²) in [5.41, 5.74) is 1.86. The van der Waals surface area contributed by atoms with Crippen molar-refractivity contribution in [2.24, 2.45) is 0 Å². The van der Waals surface area contributed by atoms with Gasteiger partial charge in [-0.05, 0) is 26.0 Å². The number of benzene rings is 1. The van der Waals surface area contributed by atoms with E-state index in [0.29, 0.717) is 13.1 Å². The number of likely N-dealkylation sites (N-methyl/N-ethyl adjacent to an activating group) is 1. The molecule has 2 nitrogen and oxygen atoms in total. The molecule has 0 spiro atoms. The average molecular weight is 203 g/mol. The molecule has 0 bridgehead atoms. The number of carbonyl (C=O) groups is 1. The van der Waals surface area contributed by atoms with Crippen LogP contribution in [0.3, 0.4) is 0 Å². The lowest BCUT2D eigenvalue weighted by Crippen LogP contribution is -2.30. The minimum Gasteiger partial charge on any atom is -0.335 e. The van der Waals surface area contributed by atoms with Crippen LogP contribution in [0.25, 0.3) is 0 Å². The van der Waals surface area contributed by atoms with Crippen LogP contribution in [0.15, 0.2) is 36.9 Å². The van der Waals surface area contributed by atoms with E-state index in [2.05, 4.69) is 6.58 Å². The summed E-state index contributed by atoms with van der Waals surface area (Å²) in [7, 11) is 0. The van der Waals surface area contributed by atoms with Gasteiger partial charge < -0.3 is 4.90 Å². The number of amides is 1. The molecule has 0 aliphatic rings. The van der Waals surface area contributed by atoms with Gasteiger partial charge >= 0.3 is 0 Å². The third kappa shape index (κ3) is 2.94. The normalized spacial score (nSPS) is 9.73. The molecule has 0 unspecified atom stereocenters. The van der Waals surface area contributed by atoms with E-state index in [1.165, 1.54) is 0 Å². The Bertz CT molecular complexity index is 357. The second kappa shape index (κ2) is 5.35. The molecule has 0 aliphatic carbocycles. The Labute approximate surface area is 91.2 Å². The van der Waals surface area contributed by atoms with Crippen molar-refractivity contribution in [2.75, 3.05) is 13.1 Å². The topological polar surface area (TPSA) is 20.3 Å². The van der Waals surface area contributed by atoms with Crippen LogP contribution in [0.5, 0.6) is 0 Å². The van der Waals surface area contributed by atoms with Gasteiger partial charge in [0.1, 0.15) is 0 Å². The molecule has 1 aromatic carbocycles. The number of hydrogen-bond acceptors (Lipinski definition) is 1. The molecule has 2 heteroatoms. The molecule has 1 amide bonds. The zero-order chi connectivity index (χ0) is 11.3. The summed E-state index contributed by atoms with van der Waals surface area (Å²) in [4.78, 5) is 13.8. The van der Waals surface area contributed by atoms with E-state index >= 15 is 0 Å². The van der Waals surface area contributed by atoms with Crippen LogP contribution in [-0.4, -0.2) is 23.9 Å². The monoisotopic (exact) mass is 203 g/mol. The molecular weight excluding hydrogens is 186 g/mol. The number of aryl methyl sites for hydroxylation is 1. The van der Waals surface area contributed by atoms with E-state index in [0.717, 1.165) is 11.1 Å². The number of carbonyl (C=O) groups excluding carboxylic acids is 1. The maximum Gasteiger partial charge on any atom is 0.254 e. The third-order valence-corrected chi connectivity index (χ3v) is 2.28. The highest BCUT2D eigenvalue weighted by atomic mass is 16.2. The average Bonchev–Trinajstić information content (AvgIpc) is 2.25. The molecule has 0 aromatic heterocycles. The summed E-state index contributed by atoms with van der Waals surface area (Å²) in [5, 5.41) is 0. The summed E-state index contributed by atoms with van der Waals surface area (Å²) < 4.78 is 0. The molecule has 0 N–H and O–H groups in total. The third-order valence-electron chi connectivity index (χ3n) is 2.28. The van der Waals surface area contributed by atoms with Gasteiger partial charge in [0.15, 0.2) is 0 Å². The molecule has 0 saturated carbocycles. The predicted molar refractivity (Wildman–Crippen MR) is 63.0 cm³/mol. The van der Waals surface area contributed by atoms with Crippen LogP contribution >= 0.6 is 0 Å². The molecule has 0 atom stereocenters. The van der Waals surface area contributed by atoms with Crippen molar-refractivity contribution < 1.29 is 4.79 Å². The highest BCUT2D eigenvalue weighted by Gasteiger charge is 2.11. The fourth-order valence-corrected chi connectivity index (χ4v) is 1.47. The van der Waals surface area contributed by atoms with Crippen molar-refractivity contribution in [3.8, 4) is 0 Å². The first-order chi connectivity index (χ1) is 7.19. The van der Waals surface area contributed by atoms with Crippen molar-refractivity contribution in [2.45, 2.75) is 13.8 Å². The largest absolute Gasteiger partial charge is 0.335 e. The standard InChI is InChI=1S/C13H17NO/c1-4-9-14(5-2)13(15)12-8-6-7-11(3)10-12/h4,6-8,10H,1,5,9H2,2-3H3. The first-order valence-electron chi connectivity index (χ1n) is 5.16. The van der Waals surface area contributed by atoms with Gasteiger partial charge in [-0.1, -0.05) is 23.8 Å². The summed E-state index contributed by atoms with van der Waals surface area (Å²) in [6, 6.07) is 7.65. The van der Waals surface area contributed by atoms with E-state index in [9.17, 15) is 4.79 Å². The van der Waals surface area contributed by atoms with Crippen LogP contribution in [0.4, 0.5) is 0 Å². The zero-order valence-corrected chi connectivity index (χ0v) is 9.36. The Morgan fingerprint density at radius 2 is 2.27 bits per heavy atom. The maximum atomic E-state index is 12.0. The zero-order valence-electron chi connectivity index (χ0n) is 9.36. The van der Waals surface area contributed by atoms with E-state index in [1.54, 1.807) is 11.0 Å². The number of rotatable bonds is 4. The molecule has 1 aromatic rings. The van der Waals surface area contributed by atoms with E-state index < -0.39 is 0 Å². The van der Waals surface area contributed by atoms with Crippen molar-refractivity contribution >= 4 is 5.91 Å². The highest BCUT2D eigenvalue weighted by Crippen LogP contribution is 2.07. The van der Waals surface area contributed by atoms with Gasteiger partial charge in [0.05, 0.1) is 0 Å². The molecule has 0 radical (unpaired) electrons. The first-order valence-corrected chi connectivity index (χ1v) is 5.16. The summed E-state index contributed by atoms with van der Waals surface area (Å²) in [6.07, 6.45) is 1.75. The lowest BCUT2D eigenvalue weighted by atomic mass is 10.1. The van der Waals surface area contributed by atoms with Crippen molar-refractivity contribution in [1.29, 1.82) is 0 Å². The minimum absolute atomic E-state index is 0.0705. The molecule has 0 fully saturated rings. The summed E-state index contributed by atoms with van der Waals surface area (Å²) in [5.74, 6) is 0.0705. The second-order valence-electron chi connectivity index (χ2n) is 3.50. The Kier molecular flexibility index (Phi) is 4.10. The number of nitrogens with zero attached hydrogens (tertiary/aromatic N) is 1. The lowest BCUT2D eigenvalue weighted by Gasteiger charge is -2.19. The molecule has 15 heavy (non-hydrogen) atoms. The Balaban J connectivity index is 2.87. The Hall–Kier alpha value is -1.57. The second-order valence-corrected chi connectivity index (χ2v) is 3.50. The van der Waals surface area contributed by atoms with Crippen LogP contribution in [0.2, 0.25) is 0 Å². The van der Waals surface area contributed by atoms with Gasteiger partial charge in [0.25, 0.3) is 5.91 Å². The van der Waals surface area contributed by atoms with E-state index in [-0.39, 0.29) is 5.91 Å². The van der Waals surface area contributed by atoms with Crippen LogP contribution in [0, 0.1) is 6.92 Å². The number of hydrogen-bond donors (Lipinski definition) is 0. The van der Waals surface area contributed by atoms with E-state index in [4.69, 9.17) is 0 Å². The minimum atomic E-state index is 0.0705. The van der Waals surface area contributed by atoms with Crippen molar-refractivity contribution in [1.82, 2.24) is 4.90 Å². The molecule has 0 heterocycles. The highest BCUT2D eigenvalue weighted by molar-refractivity contribution is 5.94. The van der Waals surface area contributed by atoms with Gasteiger partial charge in [0.2, 0.25) is 0 Å². The molecule has 1 rings (SSSR count). The first kappa shape index (κ1) is 11.5. The van der Waals surface area contributed by atoms with Crippen molar-refractivity contribution in [3.05, 3.63) is 48.0 Å². The molecule has 0 saturated heterocycles. The fourth-order valence-electron chi connectivity index (χ4n) is 1.47. The smallest absolute Gasteiger partial charge is 0.254 e. The van der Waals surface area contributed by atoms with Gasteiger partial charge in [-0.15, -0.1) is 6.58 Å². The quantitative estimate of drug-likeness (QED) is 0.689. The molecule has 0 aliphatic heterocycles. The van der Waals surface area contributed by atoms with Crippen LogP contribution < -0.4 is 0 Å². The Morgan fingerprint density at radius 3 is 2.80 bits per heavy atom. The fraction of sp³-hybridized carbons (Fsp3) is 0.308. The van der Waals surface area contributed by atoms with E-state index in [1.807, 2.05) is 38.1 Å². The van der Waals surface area contributed by atoms with Gasteiger partial charge in [-0.25, -0.2) is 0 Å². The van der Waals surface area contributed by atoms with Gasteiger partial charge in [0, 0.05) is 18.7 Å². The van der Waals surface area contributed by atoms with Crippen LogP contribution in [0.1, 0.15) is 22.8 Å². The van der Waals surface area contributed by atoms with Crippen LogP contribution in [-0.2, 0) is 0 Å². The molecule has 80 valence electrons.